The van der Waals surface area contributed by atoms with Gasteiger partial charge in [0.25, 0.3) is 0 Å². The summed E-state index contributed by atoms with van der Waals surface area (Å²) in [6.07, 6.45) is 13.5. The smallest absolute Gasteiger partial charge is 0.372 e. The van der Waals surface area contributed by atoms with E-state index in [0.717, 1.165) is 50.7 Å². The molecule has 7 nitrogen and oxygen atoms in total. The Bertz CT molecular complexity index is 732. The minimum absolute atomic E-state index is 0.659. The van der Waals surface area contributed by atoms with Crippen molar-refractivity contribution in [3.05, 3.63) is 36.7 Å². The standard InChI is InChI=1S/C25H44N7/c1-3-5-7-17-30(18-8-6-4-2)24-13-11-23(12-14-24)28-29-25-31(19-9-15-26)21-22-32(25)20-10-16-27/h11-14,21-22H,3-10,15-20,26-27H2,1-2H3/q+1. The Morgan fingerprint density at radius 1 is 0.844 bits per heavy atom. The maximum Gasteiger partial charge on any atom is 0.421 e. The molecule has 1 aromatic carbocycles. The van der Waals surface area contributed by atoms with E-state index in [0.29, 0.717) is 13.1 Å². The molecule has 4 N–H and O–H groups in total. The monoisotopic (exact) mass is 442 g/mol. The fraction of sp³-hybridized carbons (Fsp3) is 0.640. The first kappa shape index (κ1) is 26.0. The van der Waals surface area contributed by atoms with E-state index in [1.165, 1.54) is 44.2 Å². The molecule has 0 aliphatic rings. The van der Waals surface area contributed by atoms with E-state index in [2.05, 4.69) is 62.4 Å². The second-order valence-electron chi connectivity index (χ2n) is 8.39. The highest BCUT2D eigenvalue weighted by Crippen LogP contribution is 2.23. The lowest BCUT2D eigenvalue weighted by Crippen LogP contribution is -2.33. The van der Waals surface area contributed by atoms with Gasteiger partial charge in [-0.05, 0) is 63.0 Å². The zero-order valence-corrected chi connectivity index (χ0v) is 20.3. The molecule has 0 unspecified atom stereocenters. The fourth-order valence-corrected chi connectivity index (χ4v) is 3.75. The molecular formula is C25H44N7+. The van der Waals surface area contributed by atoms with E-state index < -0.39 is 0 Å². The molecular weight excluding hydrogens is 398 g/mol. The van der Waals surface area contributed by atoms with Crippen LogP contribution in [0.2, 0.25) is 0 Å². The highest BCUT2D eigenvalue weighted by molar-refractivity contribution is 5.52. The third-order valence-electron chi connectivity index (χ3n) is 5.68. The van der Waals surface area contributed by atoms with Crippen LogP contribution in [0.5, 0.6) is 0 Å². The van der Waals surface area contributed by atoms with Crippen LogP contribution in [0.1, 0.15) is 65.2 Å². The maximum absolute atomic E-state index is 5.70. The Kier molecular flexibility index (Phi) is 12.6. The van der Waals surface area contributed by atoms with Crippen molar-refractivity contribution >= 4 is 17.3 Å². The molecule has 0 spiro atoms. The number of azo groups is 1. The largest absolute Gasteiger partial charge is 0.421 e. The third kappa shape index (κ3) is 8.71. The maximum atomic E-state index is 5.70. The van der Waals surface area contributed by atoms with Gasteiger partial charge in [-0.1, -0.05) is 44.6 Å². The van der Waals surface area contributed by atoms with E-state index in [1.807, 2.05) is 12.4 Å². The summed E-state index contributed by atoms with van der Waals surface area (Å²) in [7, 11) is 0. The van der Waals surface area contributed by atoms with Crippen molar-refractivity contribution in [3.63, 3.8) is 0 Å². The molecule has 2 rings (SSSR count). The zero-order valence-electron chi connectivity index (χ0n) is 20.3. The normalized spacial score (nSPS) is 11.5. The number of hydrogen-bond acceptors (Lipinski definition) is 5. The van der Waals surface area contributed by atoms with Crippen molar-refractivity contribution in [3.8, 4) is 0 Å². The highest BCUT2D eigenvalue weighted by atomic mass is 15.3. The minimum atomic E-state index is 0.659. The average molecular weight is 443 g/mol. The number of anilines is 1. The van der Waals surface area contributed by atoms with Gasteiger partial charge in [0, 0.05) is 23.9 Å². The van der Waals surface area contributed by atoms with Gasteiger partial charge in [-0.25, -0.2) is 9.13 Å². The number of hydrogen-bond donors (Lipinski definition) is 2. The number of nitrogens with zero attached hydrogens (tertiary/aromatic N) is 5. The van der Waals surface area contributed by atoms with Gasteiger partial charge in [-0.3, -0.25) is 0 Å². The van der Waals surface area contributed by atoms with Crippen LogP contribution in [0.15, 0.2) is 46.9 Å². The second kappa shape index (κ2) is 15.5. The molecule has 0 aliphatic heterocycles. The van der Waals surface area contributed by atoms with Crippen LogP contribution in [-0.2, 0) is 13.1 Å². The Morgan fingerprint density at radius 3 is 2.09 bits per heavy atom. The van der Waals surface area contributed by atoms with Gasteiger partial charge in [0.15, 0.2) is 0 Å². The quantitative estimate of drug-likeness (QED) is 0.203. The number of benzene rings is 1. The minimum Gasteiger partial charge on any atom is -0.372 e. The van der Waals surface area contributed by atoms with Gasteiger partial charge in [0.1, 0.15) is 5.69 Å². The van der Waals surface area contributed by atoms with Crippen LogP contribution >= 0.6 is 0 Å². The molecule has 0 saturated heterocycles. The molecule has 0 saturated carbocycles. The van der Waals surface area contributed by atoms with Gasteiger partial charge in [-0.2, -0.15) is 0 Å². The molecule has 0 bridgehead atoms. The Balaban J connectivity index is 2.11. The van der Waals surface area contributed by atoms with Crippen LogP contribution in [0.3, 0.4) is 0 Å². The lowest BCUT2D eigenvalue weighted by Gasteiger charge is -2.25. The first-order valence-electron chi connectivity index (χ1n) is 12.5. The number of unbranched alkanes of at least 4 members (excludes halogenated alkanes) is 4. The summed E-state index contributed by atoms with van der Waals surface area (Å²) in [6, 6.07) is 8.51. The molecule has 178 valence electrons. The fourth-order valence-electron chi connectivity index (χ4n) is 3.75. The third-order valence-corrected chi connectivity index (χ3v) is 5.68. The molecule has 0 amide bonds. The predicted molar refractivity (Wildman–Crippen MR) is 134 cm³/mol. The summed E-state index contributed by atoms with van der Waals surface area (Å²) in [5.74, 6) is 0.844. The Hall–Kier alpha value is -2.25. The average Bonchev–Trinajstić information content (AvgIpc) is 3.21. The van der Waals surface area contributed by atoms with Crippen LogP contribution in [0.4, 0.5) is 17.3 Å². The lowest BCUT2D eigenvalue weighted by molar-refractivity contribution is -0.683. The van der Waals surface area contributed by atoms with Gasteiger partial charge >= 0.3 is 5.95 Å². The molecule has 32 heavy (non-hydrogen) atoms. The summed E-state index contributed by atoms with van der Waals surface area (Å²) >= 11 is 0. The SMILES string of the molecule is CCCCCN(CCCCC)c1ccc(N=Nc2n(CCCN)cc[n+]2CCCN)cc1. The van der Waals surface area contributed by atoms with Crippen LogP contribution in [0, 0.1) is 0 Å². The number of aromatic nitrogens is 2. The second-order valence-corrected chi connectivity index (χ2v) is 8.39. The molecule has 0 fully saturated rings. The Morgan fingerprint density at radius 2 is 1.50 bits per heavy atom. The van der Waals surface area contributed by atoms with Crippen LogP contribution < -0.4 is 20.9 Å². The molecule has 7 heteroatoms. The number of nitrogens with two attached hydrogens (primary N) is 2. The van der Waals surface area contributed by atoms with E-state index in [1.54, 1.807) is 0 Å². The van der Waals surface area contributed by atoms with E-state index in [9.17, 15) is 0 Å². The van der Waals surface area contributed by atoms with Gasteiger partial charge < -0.3 is 16.4 Å². The number of imidazole rings is 1. The topological polar surface area (TPSA) is 88.8 Å². The number of rotatable bonds is 17. The molecule has 2 aromatic rings. The molecule has 1 heterocycles. The highest BCUT2D eigenvalue weighted by Gasteiger charge is 2.16. The molecule has 1 aromatic heterocycles. The zero-order chi connectivity index (χ0) is 23.0. The summed E-state index contributed by atoms with van der Waals surface area (Å²) in [5, 5.41) is 9.13. The predicted octanol–water partition coefficient (Wildman–Crippen LogP) is 5.08. The lowest BCUT2D eigenvalue weighted by atomic mass is 10.2. The first-order valence-corrected chi connectivity index (χ1v) is 12.5. The van der Waals surface area contributed by atoms with Crippen molar-refractivity contribution in [2.24, 2.45) is 21.7 Å². The van der Waals surface area contributed by atoms with E-state index >= 15 is 0 Å². The van der Waals surface area contributed by atoms with Gasteiger partial charge in [0.05, 0.1) is 25.5 Å². The summed E-state index contributed by atoms with van der Waals surface area (Å²) < 4.78 is 4.23. The van der Waals surface area contributed by atoms with Crippen molar-refractivity contribution in [1.82, 2.24) is 4.57 Å². The van der Waals surface area contributed by atoms with E-state index in [4.69, 9.17) is 11.5 Å². The summed E-state index contributed by atoms with van der Waals surface area (Å²) in [6.45, 7) is 9.75. The van der Waals surface area contributed by atoms with E-state index in [-0.39, 0.29) is 0 Å². The van der Waals surface area contributed by atoms with Gasteiger partial charge in [0.2, 0.25) is 0 Å². The van der Waals surface area contributed by atoms with Crippen LogP contribution in [-0.4, -0.2) is 30.7 Å². The van der Waals surface area contributed by atoms with Crippen molar-refractivity contribution in [1.29, 1.82) is 0 Å². The van der Waals surface area contributed by atoms with Crippen molar-refractivity contribution < 1.29 is 4.57 Å². The molecule has 0 atom stereocenters. The number of aryl methyl sites for hydroxylation is 2. The Labute approximate surface area is 194 Å². The van der Waals surface area contributed by atoms with Crippen molar-refractivity contribution in [2.45, 2.75) is 78.3 Å². The molecule has 0 aliphatic carbocycles. The first-order chi connectivity index (χ1) is 15.7. The summed E-state index contributed by atoms with van der Waals surface area (Å²) in [4.78, 5) is 2.52. The van der Waals surface area contributed by atoms with Crippen LogP contribution in [0.25, 0.3) is 0 Å². The summed E-state index contributed by atoms with van der Waals surface area (Å²) in [5.41, 5.74) is 13.5. The molecule has 0 radical (unpaired) electrons. The van der Waals surface area contributed by atoms with Gasteiger partial charge in [-0.15, -0.1) is 0 Å². The van der Waals surface area contributed by atoms with Crippen molar-refractivity contribution in [2.75, 3.05) is 31.1 Å².